The Kier molecular flexibility index (Phi) is 9.33. The van der Waals surface area contributed by atoms with Crippen LogP contribution in [0.2, 0.25) is 0 Å². The molecule has 0 amide bonds. The summed E-state index contributed by atoms with van der Waals surface area (Å²) in [6.07, 6.45) is 0. The van der Waals surface area contributed by atoms with E-state index in [2.05, 4.69) is 20.8 Å². The maximum atomic E-state index is 9.66. The largest absolute Gasteiger partial charge is 0.380 e. The van der Waals surface area contributed by atoms with Crippen molar-refractivity contribution < 1.29 is 5.11 Å². The molecule has 0 saturated heterocycles. The highest BCUT2D eigenvalue weighted by Gasteiger charge is 2.19. The molecule has 1 atom stereocenters. The molecule has 4 heteroatoms. The van der Waals surface area contributed by atoms with Gasteiger partial charge in [0.1, 0.15) is 10.0 Å². The van der Waals surface area contributed by atoms with Crippen molar-refractivity contribution in [2.45, 2.75) is 26.2 Å². The summed E-state index contributed by atoms with van der Waals surface area (Å²) in [5.74, 6) is 3.06. The van der Waals surface area contributed by atoms with Crippen LogP contribution in [0.5, 0.6) is 0 Å². The van der Waals surface area contributed by atoms with Crippen LogP contribution in [0.15, 0.2) is 0 Å². The van der Waals surface area contributed by atoms with E-state index in [1.165, 1.54) is 0 Å². The van der Waals surface area contributed by atoms with Gasteiger partial charge >= 0.3 is 0 Å². The van der Waals surface area contributed by atoms with E-state index in [1.54, 1.807) is 35.3 Å². The van der Waals surface area contributed by atoms with E-state index >= 15 is 0 Å². The van der Waals surface area contributed by atoms with Crippen LogP contribution in [0.3, 0.4) is 0 Å². The molecule has 0 aromatic rings. The van der Waals surface area contributed by atoms with Crippen molar-refractivity contribution in [3.05, 3.63) is 4.58 Å². The molecule has 0 rings (SSSR count). The maximum absolute atomic E-state index is 9.66. The highest BCUT2D eigenvalue weighted by Crippen LogP contribution is 2.38. The first-order valence-electron chi connectivity index (χ1n) is 4.18. The van der Waals surface area contributed by atoms with Crippen LogP contribution in [0.4, 0.5) is 0 Å². The lowest BCUT2D eigenvalue weighted by Gasteiger charge is -2.18. The van der Waals surface area contributed by atoms with Gasteiger partial charge in [0.15, 0.2) is 0 Å². The minimum atomic E-state index is -0.287. The third kappa shape index (κ3) is 5.62. The molecule has 0 aliphatic heterocycles. The predicted octanol–water partition coefficient (Wildman–Crippen LogP) is 3.05. The average molecular weight is 225 g/mol. The summed E-state index contributed by atoms with van der Waals surface area (Å²) in [7, 11) is 0. The summed E-state index contributed by atoms with van der Waals surface area (Å²) in [4.78, 5) is 0. The maximum Gasteiger partial charge on any atom is 0.125 e. The monoisotopic (exact) mass is 225 g/mol. The molecule has 0 fully saturated rings. The average Bonchev–Trinajstić information content (AvgIpc) is 2.04. The van der Waals surface area contributed by atoms with Gasteiger partial charge in [-0.25, -0.2) is 0 Å². The van der Waals surface area contributed by atoms with Crippen LogP contribution in [0.25, 0.3) is 0 Å². The Bertz CT molecular complexity index is 94.3. The Labute approximate surface area is 88.5 Å². The van der Waals surface area contributed by atoms with Gasteiger partial charge in [-0.3, -0.25) is 0 Å². The summed E-state index contributed by atoms with van der Waals surface area (Å²) < 4.78 is 1.16. The smallest absolute Gasteiger partial charge is 0.125 e. The van der Waals surface area contributed by atoms with Crippen LogP contribution >= 0.6 is 35.3 Å². The van der Waals surface area contributed by atoms with Crippen molar-refractivity contribution in [1.82, 2.24) is 0 Å². The molecule has 0 heterocycles. The standard InChI is InChI=1S/C8H17OS3/c1-4-10-7(9)8(11-5-2)12-6-3/h7,9H,4-6H2,1-3H3. The molecule has 0 aliphatic carbocycles. The SMILES string of the molecule is CCS[C](SCC)C(O)SCC. The molecule has 0 spiro atoms. The van der Waals surface area contributed by atoms with Gasteiger partial charge in [-0.15, -0.1) is 35.3 Å². The molecule has 0 bridgehead atoms. The Morgan fingerprint density at radius 2 is 1.58 bits per heavy atom. The van der Waals surface area contributed by atoms with Gasteiger partial charge in [-0.2, -0.15) is 0 Å². The molecular formula is C8H17OS3. The van der Waals surface area contributed by atoms with Crippen molar-refractivity contribution in [1.29, 1.82) is 0 Å². The molecule has 0 aromatic heterocycles. The summed E-state index contributed by atoms with van der Waals surface area (Å²) in [5, 5.41) is 9.66. The molecule has 73 valence electrons. The number of thioether (sulfide) groups is 3. The van der Waals surface area contributed by atoms with Crippen molar-refractivity contribution in [3.63, 3.8) is 0 Å². The van der Waals surface area contributed by atoms with Gasteiger partial charge in [0.2, 0.25) is 0 Å². The van der Waals surface area contributed by atoms with Crippen LogP contribution in [0, 0.1) is 4.58 Å². The Hall–Kier alpha value is 1.01. The van der Waals surface area contributed by atoms with E-state index in [9.17, 15) is 5.11 Å². The topological polar surface area (TPSA) is 20.2 Å². The lowest BCUT2D eigenvalue weighted by atomic mass is 10.8. The predicted molar refractivity (Wildman–Crippen MR) is 63.6 cm³/mol. The second-order valence-corrected chi connectivity index (χ2v) is 6.22. The van der Waals surface area contributed by atoms with Gasteiger partial charge in [0.25, 0.3) is 0 Å². The zero-order valence-electron chi connectivity index (χ0n) is 7.87. The van der Waals surface area contributed by atoms with Crippen molar-refractivity contribution in [2.75, 3.05) is 17.3 Å². The van der Waals surface area contributed by atoms with E-state index in [0.29, 0.717) is 0 Å². The van der Waals surface area contributed by atoms with E-state index in [1.807, 2.05) is 0 Å². The lowest BCUT2D eigenvalue weighted by molar-refractivity contribution is 0.300. The molecular weight excluding hydrogens is 208 g/mol. The molecule has 1 N–H and O–H groups in total. The summed E-state index contributed by atoms with van der Waals surface area (Å²) in [5.41, 5.74) is -0.287. The van der Waals surface area contributed by atoms with E-state index in [4.69, 9.17) is 0 Å². The lowest BCUT2D eigenvalue weighted by Crippen LogP contribution is -2.09. The highest BCUT2D eigenvalue weighted by atomic mass is 32.2. The molecule has 1 radical (unpaired) electrons. The third-order valence-corrected chi connectivity index (χ3v) is 4.58. The number of hydrogen-bond acceptors (Lipinski definition) is 4. The van der Waals surface area contributed by atoms with Crippen LogP contribution in [0.1, 0.15) is 20.8 Å². The summed E-state index contributed by atoms with van der Waals surface area (Å²) in [6, 6.07) is 0. The number of rotatable bonds is 7. The molecule has 12 heavy (non-hydrogen) atoms. The minimum Gasteiger partial charge on any atom is -0.380 e. The van der Waals surface area contributed by atoms with Gasteiger partial charge in [-0.1, -0.05) is 20.8 Å². The first-order valence-corrected chi connectivity index (χ1v) is 7.20. The van der Waals surface area contributed by atoms with E-state index in [-0.39, 0.29) is 5.44 Å². The van der Waals surface area contributed by atoms with E-state index < -0.39 is 0 Å². The minimum absolute atomic E-state index is 0.287. The van der Waals surface area contributed by atoms with Gasteiger partial charge in [-0.05, 0) is 17.3 Å². The fraction of sp³-hybridized carbons (Fsp3) is 0.875. The van der Waals surface area contributed by atoms with Crippen LogP contribution < -0.4 is 0 Å². The second-order valence-electron chi connectivity index (χ2n) is 1.99. The Balaban J connectivity index is 3.72. The van der Waals surface area contributed by atoms with Crippen molar-refractivity contribution in [2.24, 2.45) is 0 Å². The quantitative estimate of drug-likeness (QED) is 0.672. The van der Waals surface area contributed by atoms with Crippen LogP contribution in [-0.4, -0.2) is 27.8 Å². The van der Waals surface area contributed by atoms with Gasteiger partial charge < -0.3 is 5.11 Å². The Morgan fingerprint density at radius 3 is 1.92 bits per heavy atom. The zero-order valence-corrected chi connectivity index (χ0v) is 10.3. The van der Waals surface area contributed by atoms with Gasteiger partial charge in [0.05, 0.1) is 0 Å². The highest BCUT2D eigenvalue weighted by molar-refractivity contribution is 8.21. The fourth-order valence-electron chi connectivity index (χ4n) is 0.695. The molecule has 0 aromatic carbocycles. The fourth-order valence-corrected chi connectivity index (χ4v) is 3.86. The number of aliphatic hydroxyl groups is 1. The number of aliphatic hydroxyl groups excluding tert-OH is 1. The molecule has 1 nitrogen and oxygen atoms in total. The normalized spacial score (nSPS) is 13.8. The molecule has 0 saturated carbocycles. The number of hydrogen-bond donors (Lipinski definition) is 1. The van der Waals surface area contributed by atoms with Crippen LogP contribution in [-0.2, 0) is 0 Å². The zero-order chi connectivity index (χ0) is 9.40. The Morgan fingerprint density at radius 1 is 1.08 bits per heavy atom. The van der Waals surface area contributed by atoms with Crippen molar-refractivity contribution in [3.8, 4) is 0 Å². The third-order valence-electron chi connectivity index (χ3n) is 1.10. The first kappa shape index (κ1) is 13.0. The van der Waals surface area contributed by atoms with E-state index in [0.717, 1.165) is 21.8 Å². The van der Waals surface area contributed by atoms with Gasteiger partial charge in [0, 0.05) is 0 Å². The van der Waals surface area contributed by atoms with Crippen molar-refractivity contribution >= 4 is 35.3 Å². The summed E-state index contributed by atoms with van der Waals surface area (Å²) in [6.45, 7) is 6.30. The first-order chi connectivity index (χ1) is 5.76. The molecule has 0 aliphatic rings. The summed E-state index contributed by atoms with van der Waals surface area (Å²) >= 11 is 5.11. The molecule has 1 unspecified atom stereocenters. The second kappa shape index (κ2) is 8.60.